The van der Waals surface area contributed by atoms with Crippen LogP contribution in [0.4, 0.5) is 0 Å². The SMILES string of the molecule is CCCC[C@@H](CC)C(=O)N1CCc2cc(OC)c(OC)cc2[C@@H]1c1cccc(Cl)c1. The Morgan fingerprint density at radius 3 is 2.53 bits per heavy atom. The quantitative estimate of drug-likeness (QED) is 0.512. The third-order valence-electron chi connectivity index (χ3n) is 6.07. The number of carbonyl (C=O) groups excluding carboxylic acids is 1. The molecule has 0 aromatic heterocycles. The fourth-order valence-electron chi connectivity index (χ4n) is 4.41. The lowest BCUT2D eigenvalue weighted by Gasteiger charge is -2.40. The van der Waals surface area contributed by atoms with Gasteiger partial charge in [0.05, 0.1) is 20.3 Å². The van der Waals surface area contributed by atoms with Crippen LogP contribution in [0, 0.1) is 5.92 Å². The normalized spacial score (nSPS) is 16.7. The average molecular weight is 430 g/mol. The zero-order valence-corrected chi connectivity index (χ0v) is 19.2. The summed E-state index contributed by atoms with van der Waals surface area (Å²) in [6.45, 7) is 4.96. The van der Waals surface area contributed by atoms with Gasteiger partial charge in [-0.05, 0) is 60.2 Å². The Kier molecular flexibility index (Phi) is 7.65. The topological polar surface area (TPSA) is 38.8 Å². The first-order chi connectivity index (χ1) is 14.5. The Balaban J connectivity index is 2.09. The van der Waals surface area contributed by atoms with Crippen LogP contribution in [0.15, 0.2) is 36.4 Å². The van der Waals surface area contributed by atoms with Gasteiger partial charge in [-0.15, -0.1) is 0 Å². The molecular formula is C25H32ClNO3. The van der Waals surface area contributed by atoms with Crippen LogP contribution in [0.25, 0.3) is 0 Å². The van der Waals surface area contributed by atoms with Crippen molar-refractivity contribution in [3.05, 3.63) is 58.1 Å². The lowest BCUT2D eigenvalue weighted by Crippen LogP contribution is -2.43. The number of hydrogen-bond donors (Lipinski definition) is 0. The largest absolute Gasteiger partial charge is 0.493 e. The van der Waals surface area contributed by atoms with E-state index >= 15 is 0 Å². The minimum Gasteiger partial charge on any atom is -0.493 e. The maximum absolute atomic E-state index is 13.6. The van der Waals surface area contributed by atoms with Gasteiger partial charge in [0.2, 0.25) is 5.91 Å². The predicted molar refractivity (Wildman–Crippen MR) is 122 cm³/mol. The highest BCUT2D eigenvalue weighted by Gasteiger charge is 2.35. The van der Waals surface area contributed by atoms with Crippen LogP contribution in [-0.2, 0) is 11.2 Å². The minimum absolute atomic E-state index is 0.0494. The Labute approximate surface area is 185 Å². The molecular weight excluding hydrogens is 398 g/mol. The van der Waals surface area contributed by atoms with Gasteiger partial charge in [-0.2, -0.15) is 0 Å². The predicted octanol–water partition coefficient (Wildman–Crippen LogP) is 6.05. The number of hydrogen-bond acceptors (Lipinski definition) is 3. The molecule has 0 fully saturated rings. The molecule has 0 unspecified atom stereocenters. The first kappa shape index (κ1) is 22.5. The molecule has 0 bridgehead atoms. The molecule has 1 amide bonds. The molecule has 30 heavy (non-hydrogen) atoms. The molecule has 4 nitrogen and oxygen atoms in total. The van der Waals surface area contributed by atoms with Gasteiger partial charge in [0.15, 0.2) is 11.5 Å². The van der Waals surface area contributed by atoms with Crippen molar-refractivity contribution < 1.29 is 14.3 Å². The second-order valence-electron chi connectivity index (χ2n) is 7.89. The minimum atomic E-state index is -0.185. The molecule has 0 radical (unpaired) electrons. The van der Waals surface area contributed by atoms with Crippen LogP contribution in [0.2, 0.25) is 5.02 Å². The molecule has 2 aromatic carbocycles. The summed E-state index contributed by atoms with van der Waals surface area (Å²) >= 11 is 6.33. The molecule has 2 atom stereocenters. The molecule has 0 saturated heterocycles. The first-order valence-corrected chi connectivity index (χ1v) is 11.2. The van der Waals surface area contributed by atoms with E-state index in [4.69, 9.17) is 21.1 Å². The van der Waals surface area contributed by atoms with Gasteiger partial charge in [0.25, 0.3) is 0 Å². The molecule has 0 N–H and O–H groups in total. The van der Waals surface area contributed by atoms with E-state index in [0.29, 0.717) is 17.3 Å². The lowest BCUT2D eigenvalue weighted by atomic mass is 9.86. The molecule has 1 aliphatic rings. The lowest BCUT2D eigenvalue weighted by molar-refractivity contribution is -0.138. The fraction of sp³-hybridized carbons (Fsp3) is 0.480. The summed E-state index contributed by atoms with van der Waals surface area (Å²) in [4.78, 5) is 15.7. The van der Waals surface area contributed by atoms with E-state index in [1.807, 2.05) is 35.2 Å². The van der Waals surface area contributed by atoms with Crippen molar-refractivity contribution in [3.8, 4) is 11.5 Å². The van der Waals surface area contributed by atoms with Crippen LogP contribution in [0.5, 0.6) is 11.5 Å². The third-order valence-corrected chi connectivity index (χ3v) is 6.30. The molecule has 0 aliphatic carbocycles. The molecule has 0 spiro atoms. The van der Waals surface area contributed by atoms with Crippen LogP contribution in [-0.4, -0.2) is 31.6 Å². The van der Waals surface area contributed by atoms with Crippen molar-refractivity contribution in [1.82, 2.24) is 4.90 Å². The summed E-state index contributed by atoms with van der Waals surface area (Å²) in [5.74, 6) is 1.68. The summed E-state index contributed by atoms with van der Waals surface area (Å²) < 4.78 is 11.1. The highest BCUT2D eigenvalue weighted by molar-refractivity contribution is 6.30. The monoisotopic (exact) mass is 429 g/mol. The zero-order chi connectivity index (χ0) is 21.7. The Morgan fingerprint density at radius 1 is 1.17 bits per heavy atom. The highest BCUT2D eigenvalue weighted by atomic mass is 35.5. The number of ether oxygens (including phenoxy) is 2. The van der Waals surface area contributed by atoms with E-state index in [-0.39, 0.29) is 17.9 Å². The van der Waals surface area contributed by atoms with E-state index < -0.39 is 0 Å². The Morgan fingerprint density at radius 2 is 1.90 bits per heavy atom. The van der Waals surface area contributed by atoms with E-state index in [1.54, 1.807) is 14.2 Å². The van der Waals surface area contributed by atoms with Gasteiger partial charge in [-0.25, -0.2) is 0 Å². The molecule has 3 rings (SSSR count). The smallest absolute Gasteiger partial charge is 0.226 e. The zero-order valence-electron chi connectivity index (χ0n) is 18.4. The van der Waals surface area contributed by atoms with Gasteiger partial charge in [0.1, 0.15) is 0 Å². The number of rotatable bonds is 8. The maximum Gasteiger partial charge on any atom is 0.226 e. The van der Waals surface area contributed by atoms with Crippen LogP contribution >= 0.6 is 11.6 Å². The van der Waals surface area contributed by atoms with Gasteiger partial charge in [0, 0.05) is 17.5 Å². The first-order valence-electron chi connectivity index (χ1n) is 10.8. The number of carbonyl (C=O) groups is 1. The second-order valence-corrected chi connectivity index (χ2v) is 8.33. The fourth-order valence-corrected chi connectivity index (χ4v) is 4.61. The average Bonchev–Trinajstić information content (AvgIpc) is 2.77. The van der Waals surface area contributed by atoms with Gasteiger partial charge in [-0.3, -0.25) is 4.79 Å². The van der Waals surface area contributed by atoms with Gasteiger partial charge < -0.3 is 14.4 Å². The number of halogens is 1. The summed E-state index contributed by atoms with van der Waals surface area (Å²) in [6.07, 6.45) is 4.76. The van der Waals surface area contributed by atoms with Crippen molar-refractivity contribution in [2.75, 3.05) is 20.8 Å². The molecule has 2 aromatic rings. The van der Waals surface area contributed by atoms with Crippen molar-refractivity contribution >= 4 is 17.5 Å². The molecule has 1 aliphatic heterocycles. The van der Waals surface area contributed by atoms with Crippen LogP contribution in [0.3, 0.4) is 0 Å². The van der Waals surface area contributed by atoms with E-state index in [0.717, 1.165) is 49.0 Å². The van der Waals surface area contributed by atoms with E-state index in [9.17, 15) is 4.79 Å². The van der Waals surface area contributed by atoms with Crippen molar-refractivity contribution in [2.24, 2.45) is 5.92 Å². The number of benzene rings is 2. The van der Waals surface area contributed by atoms with Crippen molar-refractivity contribution in [1.29, 1.82) is 0 Å². The van der Waals surface area contributed by atoms with Crippen LogP contribution < -0.4 is 9.47 Å². The van der Waals surface area contributed by atoms with Crippen molar-refractivity contribution in [2.45, 2.75) is 52.0 Å². The highest BCUT2D eigenvalue weighted by Crippen LogP contribution is 2.42. The van der Waals surface area contributed by atoms with Crippen molar-refractivity contribution in [3.63, 3.8) is 0 Å². The third kappa shape index (κ3) is 4.59. The van der Waals surface area contributed by atoms with Crippen LogP contribution in [0.1, 0.15) is 62.3 Å². The molecule has 162 valence electrons. The molecule has 5 heteroatoms. The van der Waals surface area contributed by atoms with E-state index in [1.165, 1.54) is 5.56 Å². The summed E-state index contributed by atoms with van der Waals surface area (Å²) in [5, 5.41) is 0.672. The summed E-state index contributed by atoms with van der Waals surface area (Å²) in [7, 11) is 3.29. The number of nitrogens with zero attached hydrogens (tertiary/aromatic N) is 1. The second kappa shape index (κ2) is 10.2. The molecule has 0 saturated carbocycles. The Bertz CT molecular complexity index is 883. The molecule has 1 heterocycles. The van der Waals surface area contributed by atoms with Gasteiger partial charge in [-0.1, -0.05) is 50.4 Å². The van der Waals surface area contributed by atoms with E-state index in [2.05, 4.69) is 19.9 Å². The summed E-state index contributed by atoms with van der Waals surface area (Å²) in [5.41, 5.74) is 3.29. The number of fused-ring (bicyclic) bond motifs is 1. The summed E-state index contributed by atoms with van der Waals surface area (Å²) in [6, 6.07) is 11.7. The number of unbranched alkanes of at least 4 members (excludes halogenated alkanes) is 1. The maximum atomic E-state index is 13.6. The van der Waals surface area contributed by atoms with Gasteiger partial charge >= 0.3 is 0 Å². The Hall–Kier alpha value is -2.20. The number of amides is 1. The number of methoxy groups -OCH3 is 2. The standard InChI is InChI=1S/C25H32ClNO3/c1-5-7-9-17(6-2)25(28)27-13-12-18-15-22(29-3)23(30-4)16-21(18)24(27)19-10-8-11-20(26)14-19/h8,10-11,14-17,24H,5-7,9,12-13H2,1-4H3/t17-,24+/m1/s1.